The van der Waals surface area contributed by atoms with Crippen LogP contribution >= 0.6 is 0 Å². The van der Waals surface area contributed by atoms with E-state index in [-0.39, 0.29) is 5.84 Å². The Morgan fingerprint density at radius 3 is 2.20 bits per heavy atom. The van der Waals surface area contributed by atoms with Crippen molar-refractivity contribution in [2.45, 2.75) is 6.92 Å². The molecule has 0 radical (unpaired) electrons. The van der Waals surface area contributed by atoms with Crippen LogP contribution in [0.3, 0.4) is 0 Å². The van der Waals surface area contributed by atoms with E-state index < -0.39 is 0 Å². The van der Waals surface area contributed by atoms with E-state index in [4.69, 9.17) is 10.3 Å². The first kappa shape index (κ1) is 4.27. The van der Waals surface area contributed by atoms with E-state index in [1.807, 2.05) is 0 Å². The molecule has 0 amide bonds. The Bertz CT molecular complexity index is 58.7. The van der Waals surface area contributed by atoms with Crippen LogP contribution in [-0.2, 0) is 0 Å². The predicted molar refractivity (Wildman–Crippen MR) is 19.2 cm³/mol. The van der Waals surface area contributed by atoms with Gasteiger partial charge in [0, 0.05) is 0 Å². The maximum Gasteiger partial charge on any atom is 0.162 e. The highest BCUT2D eigenvalue weighted by molar-refractivity contribution is 5.76. The van der Waals surface area contributed by atoms with Crippen molar-refractivity contribution in [3.05, 3.63) is 4.91 Å². The summed E-state index contributed by atoms with van der Waals surface area (Å²) in [5, 5.41) is 8.49. The molecule has 0 rings (SSSR count). The van der Waals surface area contributed by atoms with Gasteiger partial charge in [0.05, 0.1) is 0 Å². The minimum absolute atomic E-state index is 0.176. The van der Waals surface area contributed by atoms with Crippen LogP contribution in [0.15, 0.2) is 5.18 Å². The van der Waals surface area contributed by atoms with Gasteiger partial charge in [0.15, 0.2) is 5.84 Å². The fourth-order valence-corrected chi connectivity index (χ4v) is 0. The van der Waals surface area contributed by atoms with Crippen molar-refractivity contribution in [1.82, 2.24) is 0 Å². The van der Waals surface area contributed by atoms with E-state index in [1.165, 1.54) is 6.92 Å². The average molecular weight is 72.1 g/mol. The zero-order valence-electron chi connectivity index (χ0n) is 2.86. The Balaban J connectivity index is 3.20. The first-order valence-electron chi connectivity index (χ1n) is 1.16. The monoisotopic (exact) mass is 72.0 g/mol. The van der Waals surface area contributed by atoms with E-state index in [9.17, 15) is 0 Å². The van der Waals surface area contributed by atoms with Crippen LogP contribution in [0.1, 0.15) is 6.92 Å². The van der Waals surface area contributed by atoms with E-state index in [1.54, 1.807) is 0 Å². The quantitative estimate of drug-likeness (QED) is 0.256. The van der Waals surface area contributed by atoms with Gasteiger partial charge in [0.25, 0.3) is 0 Å². The third kappa shape index (κ3) is 3.27. The molecule has 0 unspecified atom stereocenters. The highest BCUT2D eigenvalue weighted by Gasteiger charge is 1.70. The van der Waals surface area contributed by atoms with Crippen molar-refractivity contribution in [2.24, 2.45) is 5.18 Å². The smallest absolute Gasteiger partial charge is 0.162 e. The SMILES string of the molecule is CC(=N)N=O. The molecule has 0 saturated carbocycles. The number of rotatable bonds is 0. The molecule has 0 aliphatic carbocycles. The number of amidine groups is 1. The standard InChI is InChI=1S/C2H4N2O/c1-2(3)4-5/h3H,1H3. The summed E-state index contributed by atoms with van der Waals surface area (Å²) >= 11 is 0. The molecule has 3 nitrogen and oxygen atoms in total. The van der Waals surface area contributed by atoms with Crippen molar-refractivity contribution >= 4 is 5.84 Å². The molecule has 0 atom stereocenters. The van der Waals surface area contributed by atoms with Gasteiger partial charge in [-0.2, -0.15) is 0 Å². The summed E-state index contributed by atoms with van der Waals surface area (Å²) in [6.07, 6.45) is 0. The van der Waals surface area contributed by atoms with Gasteiger partial charge in [-0.25, -0.2) is 0 Å². The Kier molecular flexibility index (Phi) is 1.35. The molecule has 0 aromatic carbocycles. The maximum absolute atomic E-state index is 9.03. The lowest BCUT2D eigenvalue weighted by Crippen LogP contribution is -1.71. The molecule has 0 heterocycles. The van der Waals surface area contributed by atoms with Gasteiger partial charge < -0.3 is 0 Å². The minimum atomic E-state index is -0.176. The van der Waals surface area contributed by atoms with Crippen LogP contribution in [0, 0.1) is 10.3 Å². The van der Waals surface area contributed by atoms with Crippen LogP contribution in [0.25, 0.3) is 0 Å². The summed E-state index contributed by atoms with van der Waals surface area (Å²) in [6, 6.07) is 0. The van der Waals surface area contributed by atoms with Gasteiger partial charge >= 0.3 is 0 Å². The molecule has 0 aromatic heterocycles. The van der Waals surface area contributed by atoms with Crippen molar-refractivity contribution in [3.8, 4) is 0 Å². The van der Waals surface area contributed by atoms with E-state index in [0.29, 0.717) is 0 Å². The molecule has 0 spiro atoms. The van der Waals surface area contributed by atoms with Crippen molar-refractivity contribution in [2.75, 3.05) is 0 Å². The molecular weight excluding hydrogens is 68.0 g/mol. The first-order valence-corrected chi connectivity index (χ1v) is 1.16. The zero-order valence-corrected chi connectivity index (χ0v) is 2.86. The molecule has 0 aromatic rings. The lowest BCUT2D eigenvalue weighted by molar-refractivity contribution is 1.40. The van der Waals surface area contributed by atoms with Crippen molar-refractivity contribution in [3.63, 3.8) is 0 Å². The molecule has 0 bridgehead atoms. The van der Waals surface area contributed by atoms with Gasteiger partial charge in [-0.1, -0.05) is 0 Å². The third-order valence-electron chi connectivity index (χ3n) is 0.137. The lowest BCUT2D eigenvalue weighted by atomic mass is 10.7. The second-order valence-electron chi connectivity index (χ2n) is 0.677. The molecule has 0 fully saturated rings. The Morgan fingerprint density at radius 1 is 2.00 bits per heavy atom. The second kappa shape index (κ2) is 1.58. The molecule has 0 saturated heterocycles. The van der Waals surface area contributed by atoms with Crippen LogP contribution in [0.4, 0.5) is 0 Å². The molecular formula is C2H4N2O. The van der Waals surface area contributed by atoms with Crippen LogP contribution < -0.4 is 0 Å². The number of nitrogens with zero attached hydrogens (tertiary/aromatic N) is 1. The van der Waals surface area contributed by atoms with Crippen molar-refractivity contribution < 1.29 is 0 Å². The van der Waals surface area contributed by atoms with E-state index in [2.05, 4.69) is 5.18 Å². The highest BCUT2D eigenvalue weighted by Crippen LogP contribution is 1.62. The average Bonchev–Trinajstić information content (AvgIpc) is 1.38. The Labute approximate surface area is 29.5 Å². The number of nitroso groups, excluding NO2 is 1. The van der Waals surface area contributed by atoms with E-state index in [0.717, 1.165) is 0 Å². The summed E-state index contributed by atoms with van der Waals surface area (Å²) in [4.78, 5) is 9.03. The second-order valence-corrected chi connectivity index (χ2v) is 0.677. The van der Waals surface area contributed by atoms with Gasteiger partial charge in [-0.05, 0) is 12.1 Å². The van der Waals surface area contributed by atoms with Crippen LogP contribution in [-0.4, -0.2) is 5.84 Å². The highest BCUT2D eigenvalue weighted by atomic mass is 16.3. The van der Waals surface area contributed by atoms with Crippen molar-refractivity contribution in [1.29, 1.82) is 5.41 Å². The first-order chi connectivity index (χ1) is 2.27. The fourth-order valence-electron chi connectivity index (χ4n) is 0. The summed E-state index contributed by atoms with van der Waals surface area (Å²) in [6.45, 7) is 1.33. The van der Waals surface area contributed by atoms with E-state index >= 15 is 0 Å². The number of hydrogen-bond acceptors (Lipinski definition) is 2. The normalized spacial score (nSPS) is 6.60. The molecule has 0 aliphatic rings. The number of nitrogens with one attached hydrogen (secondary N) is 1. The van der Waals surface area contributed by atoms with Gasteiger partial charge in [-0.15, -0.1) is 4.91 Å². The van der Waals surface area contributed by atoms with Gasteiger partial charge in [-0.3, -0.25) is 5.41 Å². The Morgan fingerprint density at radius 2 is 2.20 bits per heavy atom. The summed E-state index contributed by atoms with van der Waals surface area (Å²) in [5.41, 5.74) is 0. The van der Waals surface area contributed by atoms with Gasteiger partial charge in [0.2, 0.25) is 0 Å². The molecule has 3 heteroatoms. The summed E-state index contributed by atoms with van der Waals surface area (Å²) in [7, 11) is 0. The third-order valence-corrected chi connectivity index (χ3v) is 0.137. The fraction of sp³-hybridized carbons (Fsp3) is 0.500. The summed E-state index contributed by atoms with van der Waals surface area (Å²) < 4.78 is 0. The zero-order chi connectivity index (χ0) is 4.28. The molecule has 0 aliphatic heterocycles. The Hall–Kier alpha value is -0.730. The number of hydrogen-bond donors (Lipinski definition) is 1. The molecule has 28 valence electrons. The molecule has 5 heavy (non-hydrogen) atoms. The largest absolute Gasteiger partial charge is 0.284 e. The maximum atomic E-state index is 9.03. The minimum Gasteiger partial charge on any atom is -0.284 e. The van der Waals surface area contributed by atoms with Crippen LogP contribution in [0.5, 0.6) is 0 Å². The molecule has 1 N–H and O–H groups in total. The topological polar surface area (TPSA) is 53.3 Å². The van der Waals surface area contributed by atoms with Gasteiger partial charge in [0.1, 0.15) is 0 Å². The lowest BCUT2D eigenvalue weighted by Gasteiger charge is -1.62. The van der Waals surface area contributed by atoms with Crippen LogP contribution in [0.2, 0.25) is 0 Å². The predicted octanol–water partition coefficient (Wildman–Crippen LogP) is 0.750. The summed E-state index contributed by atoms with van der Waals surface area (Å²) in [5.74, 6) is -0.176.